The second-order valence-corrected chi connectivity index (χ2v) is 8.41. The molecule has 0 fully saturated rings. The van der Waals surface area contributed by atoms with E-state index in [1.165, 1.54) is 12.1 Å². The van der Waals surface area contributed by atoms with Gasteiger partial charge in [-0.05, 0) is 43.7 Å². The van der Waals surface area contributed by atoms with Crippen LogP contribution in [0.1, 0.15) is 35.6 Å². The molecule has 2 aromatic carbocycles. The molecular weight excluding hydrogens is 437 g/mol. The third-order valence-corrected chi connectivity index (χ3v) is 6.29. The van der Waals surface area contributed by atoms with Crippen molar-refractivity contribution in [1.82, 2.24) is 14.5 Å². The quantitative estimate of drug-likeness (QED) is 0.342. The van der Waals surface area contributed by atoms with Crippen LogP contribution in [0.5, 0.6) is 0 Å². The fourth-order valence-corrected chi connectivity index (χ4v) is 4.51. The van der Waals surface area contributed by atoms with Crippen LogP contribution in [0.3, 0.4) is 0 Å². The van der Waals surface area contributed by atoms with Crippen LogP contribution in [-0.2, 0) is 13.1 Å². The Labute approximate surface area is 197 Å². The Hall–Kier alpha value is -3.52. The summed E-state index contributed by atoms with van der Waals surface area (Å²) in [6, 6.07) is 15.9. The molecule has 0 saturated carbocycles. The van der Waals surface area contributed by atoms with Crippen molar-refractivity contribution in [2.24, 2.45) is 0 Å². The molecule has 0 aliphatic heterocycles. The van der Waals surface area contributed by atoms with Gasteiger partial charge in [0.25, 0.3) is 5.91 Å². The van der Waals surface area contributed by atoms with Gasteiger partial charge in [0, 0.05) is 36.9 Å². The third-order valence-electron chi connectivity index (χ3n) is 5.34. The highest BCUT2D eigenvalue weighted by Crippen LogP contribution is 2.25. The number of carbonyl (C=O) groups is 1. The smallest absolute Gasteiger partial charge is 0.278 e. The molecule has 8 heteroatoms. The van der Waals surface area contributed by atoms with E-state index in [-0.39, 0.29) is 18.3 Å². The number of hydrogen-bond acceptors (Lipinski definition) is 5. The maximum Gasteiger partial charge on any atom is 0.278 e. The van der Waals surface area contributed by atoms with E-state index in [0.29, 0.717) is 17.9 Å². The van der Waals surface area contributed by atoms with Crippen molar-refractivity contribution in [2.75, 3.05) is 22.9 Å². The summed E-state index contributed by atoms with van der Waals surface area (Å²) in [4.78, 5) is 26.3. The first-order valence-electron chi connectivity index (χ1n) is 10.9. The van der Waals surface area contributed by atoms with Gasteiger partial charge in [0.1, 0.15) is 11.5 Å². The maximum atomic E-state index is 13.5. The molecule has 0 aliphatic carbocycles. The normalized spacial score (nSPS) is 10.9. The third kappa shape index (κ3) is 5.46. The highest BCUT2D eigenvalue weighted by atomic mass is 32.1. The molecule has 4 aromatic rings. The molecule has 4 rings (SSSR count). The number of thiazole rings is 1. The lowest BCUT2D eigenvalue weighted by Crippen LogP contribution is -2.31. The summed E-state index contributed by atoms with van der Waals surface area (Å²) in [6.45, 7) is 6.80. The largest absolute Gasteiger partial charge is 0.349 e. The van der Waals surface area contributed by atoms with Gasteiger partial charge >= 0.3 is 0 Å². The molecule has 0 bridgehead atoms. The number of nitrogens with zero attached hydrogens (tertiary/aromatic N) is 5. The van der Waals surface area contributed by atoms with Crippen LogP contribution in [0.4, 0.5) is 15.2 Å². The van der Waals surface area contributed by atoms with Gasteiger partial charge in [-0.15, -0.1) is 11.3 Å². The molecule has 0 spiro atoms. The molecule has 2 heterocycles. The van der Waals surface area contributed by atoms with Crippen LogP contribution in [-0.4, -0.2) is 33.5 Å². The Kier molecular flexibility index (Phi) is 7.14. The second kappa shape index (κ2) is 10.4. The Morgan fingerprint density at radius 2 is 1.79 bits per heavy atom. The molecule has 0 N–H and O–H groups in total. The van der Waals surface area contributed by atoms with Gasteiger partial charge in [0.15, 0.2) is 5.13 Å². The Balaban J connectivity index is 1.58. The molecule has 33 heavy (non-hydrogen) atoms. The van der Waals surface area contributed by atoms with Crippen molar-refractivity contribution >= 4 is 28.1 Å². The summed E-state index contributed by atoms with van der Waals surface area (Å²) in [6.07, 6.45) is 3.40. The highest BCUT2D eigenvalue weighted by Gasteiger charge is 2.22. The van der Waals surface area contributed by atoms with Crippen molar-refractivity contribution in [3.63, 3.8) is 0 Å². The number of imidazole rings is 1. The van der Waals surface area contributed by atoms with Crippen molar-refractivity contribution in [2.45, 2.75) is 26.9 Å². The Morgan fingerprint density at radius 3 is 2.48 bits per heavy atom. The summed E-state index contributed by atoms with van der Waals surface area (Å²) in [5.41, 5.74) is 2.82. The van der Waals surface area contributed by atoms with Crippen LogP contribution in [0.15, 0.2) is 72.5 Å². The molecule has 0 atom stereocenters. The lowest BCUT2D eigenvalue weighted by Gasteiger charge is -2.21. The van der Waals surface area contributed by atoms with Crippen LogP contribution in [0, 0.1) is 5.82 Å². The number of hydrogen-bond donors (Lipinski definition) is 0. The minimum absolute atomic E-state index is 0.259. The molecule has 6 nitrogen and oxygen atoms in total. The van der Waals surface area contributed by atoms with E-state index in [0.717, 1.165) is 29.5 Å². The van der Waals surface area contributed by atoms with Gasteiger partial charge in [-0.2, -0.15) is 0 Å². The molecular formula is C25H26FN5OS. The van der Waals surface area contributed by atoms with E-state index in [9.17, 15) is 9.18 Å². The number of rotatable bonds is 9. The average molecular weight is 464 g/mol. The fraction of sp³-hybridized carbons (Fsp3) is 0.240. The van der Waals surface area contributed by atoms with Gasteiger partial charge in [0.05, 0.1) is 18.6 Å². The zero-order valence-corrected chi connectivity index (χ0v) is 19.5. The Bertz CT molecular complexity index is 1190. The number of amides is 1. The van der Waals surface area contributed by atoms with E-state index in [1.54, 1.807) is 40.9 Å². The predicted molar refractivity (Wildman–Crippen MR) is 130 cm³/mol. The zero-order valence-electron chi connectivity index (χ0n) is 18.7. The van der Waals surface area contributed by atoms with Crippen LogP contribution < -0.4 is 9.80 Å². The van der Waals surface area contributed by atoms with Gasteiger partial charge in [0.2, 0.25) is 0 Å². The van der Waals surface area contributed by atoms with Crippen LogP contribution >= 0.6 is 11.3 Å². The van der Waals surface area contributed by atoms with Crippen molar-refractivity contribution < 1.29 is 9.18 Å². The SMILES string of the molecule is CCN(CC)c1nc(CN(C(=O)c2cn(Cc3ccccc3)cn2)c2ccc(F)cc2)cs1. The summed E-state index contributed by atoms with van der Waals surface area (Å²) < 4.78 is 15.4. The minimum Gasteiger partial charge on any atom is -0.349 e. The zero-order chi connectivity index (χ0) is 23.2. The maximum absolute atomic E-state index is 13.5. The van der Waals surface area contributed by atoms with E-state index in [4.69, 9.17) is 4.98 Å². The van der Waals surface area contributed by atoms with Crippen molar-refractivity contribution in [3.8, 4) is 0 Å². The summed E-state index contributed by atoms with van der Waals surface area (Å²) in [5, 5.41) is 2.89. The lowest BCUT2D eigenvalue weighted by atomic mass is 10.2. The standard InChI is InChI=1S/C25H26FN5OS/c1-3-30(4-2)25-28-21(17-33-25)15-31(22-12-10-20(26)11-13-22)24(32)23-16-29(18-27-23)14-19-8-6-5-7-9-19/h5-13,16-18H,3-4,14-15H2,1-2H3. The summed E-state index contributed by atoms with van der Waals surface area (Å²) >= 11 is 1.56. The average Bonchev–Trinajstić information content (AvgIpc) is 3.49. The summed E-state index contributed by atoms with van der Waals surface area (Å²) in [7, 11) is 0. The first-order chi connectivity index (χ1) is 16.1. The lowest BCUT2D eigenvalue weighted by molar-refractivity contribution is 0.0980. The molecule has 2 aromatic heterocycles. The molecule has 170 valence electrons. The van der Waals surface area contributed by atoms with E-state index >= 15 is 0 Å². The van der Waals surface area contributed by atoms with Gasteiger partial charge < -0.3 is 14.4 Å². The fourth-order valence-electron chi connectivity index (χ4n) is 3.56. The van der Waals surface area contributed by atoms with Gasteiger partial charge in [-0.3, -0.25) is 4.79 Å². The molecule has 0 radical (unpaired) electrons. The monoisotopic (exact) mass is 463 g/mol. The summed E-state index contributed by atoms with van der Waals surface area (Å²) in [5.74, 6) is -0.610. The second-order valence-electron chi connectivity index (χ2n) is 7.58. The Morgan fingerprint density at radius 1 is 1.06 bits per heavy atom. The van der Waals surface area contributed by atoms with Crippen molar-refractivity contribution in [1.29, 1.82) is 0 Å². The molecule has 0 saturated heterocycles. The number of aromatic nitrogens is 3. The van der Waals surface area contributed by atoms with E-state index in [1.807, 2.05) is 40.3 Å². The molecule has 0 unspecified atom stereocenters. The topological polar surface area (TPSA) is 54.3 Å². The number of anilines is 2. The van der Waals surface area contributed by atoms with Crippen LogP contribution in [0.25, 0.3) is 0 Å². The van der Waals surface area contributed by atoms with Gasteiger partial charge in [-0.1, -0.05) is 30.3 Å². The first-order valence-corrected chi connectivity index (χ1v) is 11.8. The van der Waals surface area contributed by atoms with Crippen LogP contribution in [0.2, 0.25) is 0 Å². The predicted octanol–water partition coefficient (Wildman–Crippen LogP) is 5.22. The number of benzene rings is 2. The minimum atomic E-state index is -0.351. The number of carbonyl (C=O) groups excluding carboxylic acids is 1. The highest BCUT2D eigenvalue weighted by molar-refractivity contribution is 7.13. The number of halogens is 1. The van der Waals surface area contributed by atoms with E-state index < -0.39 is 0 Å². The molecule has 0 aliphatic rings. The van der Waals surface area contributed by atoms with Gasteiger partial charge in [-0.25, -0.2) is 14.4 Å². The first kappa shape index (κ1) is 22.7. The van der Waals surface area contributed by atoms with E-state index in [2.05, 4.69) is 23.7 Å². The van der Waals surface area contributed by atoms with Crippen molar-refractivity contribution in [3.05, 3.63) is 95.3 Å². The molecule has 1 amide bonds.